The van der Waals surface area contributed by atoms with Gasteiger partial charge in [0.05, 0.1) is 30.1 Å². The summed E-state index contributed by atoms with van der Waals surface area (Å²) in [5.74, 6) is -2.40. The monoisotopic (exact) mass is 641 g/mol. The van der Waals surface area contributed by atoms with Gasteiger partial charge in [-0.3, -0.25) is 14.4 Å². The molecule has 3 fully saturated rings. The fourth-order valence-corrected chi connectivity index (χ4v) is 8.73. The van der Waals surface area contributed by atoms with Gasteiger partial charge in [0.15, 0.2) is 0 Å². The first-order valence-electron chi connectivity index (χ1n) is 16.9. The van der Waals surface area contributed by atoms with Crippen molar-refractivity contribution in [2.75, 3.05) is 24.6 Å². The Hall–Kier alpha value is -3.75. The third kappa shape index (κ3) is 5.73. The Balaban J connectivity index is 1.66. The van der Waals surface area contributed by atoms with Gasteiger partial charge in [-0.25, -0.2) is 0 Å². The first-order chi connectivity index (χ1) is 22.4. The zero-order valence-electron chi connectivity index (χ0n) is 28.8. The van der Waals surface area contributed by atoms with Crippen molar-refractivity contribution in [2.24, 2.45) is 23.7 Å². The number of hydrogen-bond acceptors (Lipinski definition) is 5. The fourth-order valence-electron chi connectivity index (χ4n) is 8.73. The lowest BCUT2D eigenvalue weighted by Gasteiger charge is -2.40. The van der Waals surface area contributed by atoms with Crippen molar-refractivity contribution >= 4 is 23.4 Å². The number of hydrogen-bond donors (Lipinski definition) is 1. The molecule has 8 heteroatoms. The van der Waals surface area contributed by atoms with Gasteiger partial charge in [0.1, 0.15) is 11.6 Å². The highest BCUT2D eigenvalue weighted by molar-refractivity contribution is 6.06. The van der Waals surface area contributed by atoms with Gasteiger partial charge < -0.3 is 24.5 Å². The Morgan fingerprint density at radius 3 is 2.26 bits per heavy atom. The highest BCUT2D eigenvalue weighted by Gasteiger charge is 2.80. The average molecular weight is 642 g/mol. The van der Waals surface area contributed by atoms with Gasteiger partial charge >= 0.3 is 0 Å². The highest BCUT2D eigenvalue weighted by atomic mass is 16.5. The van der Waals surface area contributed by atoms with Crippen LogP contribution in [0.25, 0.3) is 0 Å². The molecule has 3 amide bonds. The quantitative estimate of drug-likeness (QED) is 0.294. The zero-order chi connectivity index (χ0) is 34.3. The maximum Gasteiger partial charge on any atom is 0.253 e. The highest BCUT2D eigenvalue weighted by Crippen LogP contribution is 2.66. The standard InChI is InChI=1S/C39H51N3O5/c1-9-19-40(23-29-17-12-11-13-18-29)35(44)31-32-36(45)42(30(24-43)21-25(3)4)34(39(32)22-28(7)38(31,8)47-39)37(46)41(20-10-2)33-26(5)15-14-16-27(33)6/h9-18,25,28,30-32,34,43H,1-2,19-24H2,3-8H3/t28?,30-,31+,32+,34?,38-,39?/m1/s1. The molecule has 2 aromatic carbocycles. The molecule has 3 aliphatic heterocycles. The third-order valence-corrected chi connectivity index (χ3v) is 10.8. The number of nitrogens with zero attached hydrogens (tertiary/aromatic N) is 3. The van der Waals surface area contributed by atoms with Crippen molar-refractivity contribution in [1.82, 2.24) is 9.80 Å². The topological polar surface area (TPSA) is 90.4 Å². The minimum atomic E-state index is -1.24. The van der Waals surface area contributed by atoms with E-state index in [0.717, 1.165) is 22.4 Å². The number of carbonyl (C=O) groups is 3. The number of benzene rings is 2. The molecule has 0 aromatic heterocycles. The summed E-state index contributed by atoms with van der Waals surface area (Å²) >= 11 is 0. The Morgan fingerprint density at radius 2 is 1.68 bits per heavy atom. The lowest BCUT2D eigenvalue weighted by atomic mass is 9.62. The number of aliphatic hydroxyl groups excluding tert-OH is 1. The summed E-state index contributed by atoms with van der Waals surface area (Å²) in [7, 11) is 0. The smallest absolute Gasteiger partial charge is 0.253 e. The van der Waals surface area contributed by atoms with Crippen LogP contribution in [0.5, 0.6) is 0 Å². The number of likely N-dealkylation sites (tertiary alicyclic amines) is 1. The van der Waals surface area contributed by atoms with Crippen molar-refractivity contribution in [1.29, 1.82) is 0 Å². The van der Waals surface area contributed by atoms with Gasteiger partial charge in [0.25, 0.3) is 5.91 Å². The molecule has 0 aliphatic carbocycles. The molecule has 5 rings (SSSR count). The van der Waals surface area contributed by atoms with E-state index in [-0.39, 0.29) is 42.7 Å². The van der Waals surface area contributed by atoms with E-state index in [1.165, 1.54) is 0 Å². The van der Waals surface area contributed by atoms with Crippen LogP contribution < -0.4 is 4.90 Å². The van der Waals surface area contributed by atoms with E-state index in [2.05, 4.69) is 20.1 Å². The van der Waals surface area contributed by atoms with Gasteiger partial charge in [-0.15, -0.1) is 13.2 Å². The molecule has 252 valence electrons. The third-order valence-electron chi connectivity index (χ3n) is 10.8. The van der Waals surface area contributed by atoms with Crippen LogP contribution >= 0.6 is 0 Å². The number of amides is 3. The van der Waals surface area contributed by atoms with Crippen LogP contribution in [-0.2, 0) is 25.7 Å². The normalized spacial score (nSPS) is 28.3. The van der Waals surface area contributed by atoms with Gasteiger partial charge in [-0.2, -0.15) is 0 Å². The van der Waals surface area contributed by atoms with Crippen LogP contribution in [0.4, 0.5) is 5.69 Å². The molecule has 2 bridgehead atoms. The van der Waals surface area contributed by atoms with E-state index in [9.17, 15) is 14.7 Å². The van der Waals surface area contributed by atoms with Gasteiger partial charge in [0.2, 0.25) is 11.8 Å². The van der Waals surface area contributed by atoms with Gasteiger partial charge in [0, 0.05) is 25.3 Å². The molecule has 1 N–H and O–H groups in total. The predicted octanol–water partition coefficient (Wildman–Crippen LogP) is 5.45. The van der Waals surface area contributed by atoms with Crippen LogP contribution in [0, 0.1) is 37.5 Å². The average Bonchev–Trinajstić information content (AvgIpc) is 3.55. The Kier molecular flexibility index (Phi) is 9.86. The first kappa shape index (κ1) is 34.6. The number of ether oxygens (including phenoxy) is 1. The molecule has 47 heavy (non-hydrogen) atoms. The lowest BCUT2D eigenvalue weighted by Crippen LogP contribution is -2.59. The van der Waals surface area contributed by atoms with Crippen molar-refractivity contribution in [3.05, 3.63) is 90.5 Å². The molecule has 0 saturated carbocycles. The number of aryl methyl sites for hydroxylation is 2. The van der Waals surface area contributed by atoms with Crippen molar-refractivity contribution in [3.63, 3.8) is 0 Å². The molecule has 8 nitrogen and oxygen atoms in total. The lowest BCUT2D eigenvalue weighted by molar-refractivity contribution is -0.154. The number of rotatable bonds is 13. The molecule has 3 saturated heterocycles. The number of para-hydroxylation sites is 1. The summed E-state index contributed by atoms with van der Waals surface area (Å²) in [4.78, 5) is 50.0. The fraction of sp³-hybridized carbons (Fsp3) is 0.513. The van der Waals surface area contributed by atoms with Gasteiger partial charge in [-0.05, 0) is 62.1 Å². The molecule has 7 atom stereocenters. The maximum atomic E-state index is 15.2. The largest absolute Gasteiger partial charge is 0.394 e. The summed E-state index contributed by atoms with van der Waals surface area (Å²) in [5.41, 5.74) is 1.39. The van der Waals surface area contributed by atoms with E-state index in [1.54, 1.807) is 26.9 Å². The molecule has 3 aliphatic rings. The van der Waals surface area contributed by atoms with Crippen LogP contribution in [0.1, 0.15) is 57.2 Å². The molecule has 3 heterocycles. The van der Waals surface area contributed by atoms with Crippen molar-refractivity contribution < 1.29 is 24.2 Å². The van der Waals surface area contributed by atoms with Crippen LogP contribution in [0.15, 0.2) is 73.8 Å². The first-order valence-corrected chi connectivity index (χ1v) is 16.9. The SMILES string of the molecule is C=CCN(Cc1ccccc1)C(=O)[C@@H]1[C@H]2C(=O)N([C@@H](CO)CC(C)C)C(C(=O)N(CC=C)c3c(C)cccc3C)C23CC(C)[C@@]1(C)O3. The molecular formula is C39H51N3O5. The summed E-state index contributed by atoms with van der Waals surface area (Å²) in [6.07, 6.45) is 4.35. The second-order valence-corrected chi connectivity index (χ2v) is 14.4. The minimum absolute atomic E-state index is 0.108. The van der Waals surface area contributed by atoms with Crippen LogP contribution in [-0.4, -0.2) is 75.6 Å². The van der Waals surface area contributed by atoms with Crippen molar-refractivity contribution in [3.8, 4) is 0 Å². The minimum Gasteiger partial charge on any atom is -0.394 e. The molecule has 1 spiro atoms. The maximum absolute atomic E-state index is 15.2. The van der Waals surface area contributed by atoms with Crippen LogP contribution in [0.2, 0.25) is 0 Å². The van der Waals surface area contributed by atoms with E-state index in [4.69, 9.17) is 4.74 Å². The Labute approximate surface area is 280 Å². The van der Waals surface area contributed by atoms with E-state index >= 15 is 4.79 Å². The summed E-state index contributed by atoms with van der Waals surface area (Å²) in [6.45, 7) is 20.5. The molecule has 2 aromatic rings. The van der Waals surface area contributed by atoms with E-state index < -0.39 is 35.1 Å². The van der Waals surface area contributed by atoms with Crippen LogP contribution in [0.3, 0.4) is 0 Å². The molecule has 0 radical (unpaired) electrons. The Morgan fingerprint density at radius 1 is 1.04 bits per heavy atom. The number of carbonyl (C=O) groups excluding carboxylic acids is 3. The van der Waals surface area contributed by atoms with E-state index in [1.807, 2.05) is 83.1 Å². The van der Waals surface area contributed by atoms with E-state index in [0.29, 0.717) is 25.9 Å². The summed E-state index contributed by atoms with van der Waals surface area (Å²) in [6, 6.07) is 14.0. The zero-order valence-corrected chi connectivity index (χ0v) is 28.8. The molecular weight excluding hydrogens is 590 g/mol. The summed E-state index contributed by atoms with van der Waals surface area (Å²) < 4.78 is 7.06. The molecule has 3 unspecified atom stereocenters. The Bertz CT molecular complexity index is 1500. The number of anilines is 1. The summed E-state index contributed by atoms with van der Waals surface area (Å²) in [5, 5.41) is 10.8. The number of aliphatic hydroxyl groups is 1. The van der Waals surface area contributed by atoms with Crippen molar-refractivity contribution in [2.45, 2.75) is 84.2 Å². The van der Waals surface area contributed by atoms with Gasteiger partial charge in [-0.1, -0.05) is 81.5 Å². The second kappa shape index (κ2) is 13.4. The second-order valence-electron chi connectivity index (χ2n) is 14.4. The predicted molar refractivity (Wildman–Crippen MR) is 184 cm³/mol. The number of fused-ring (bicyclic) bond motifs is 1.